The topological polar surface area (TPSA) is 142 Å². The minimum Gasteiger partial charge on any atom is -0.417 e. The highest BCUT2D eigenvalue weighted by Gasteiger charge is 2.40. The normalized spacial score (nSPS) is 25.1. The van der Waals surface area contributed by atoms with Crippen molar-refractivity contribution in [3.63, 3.8) is 0 Å². The van der Waals surface area contributed by atoms with Gasteiger partial charge in [0.2, 0.25) is 23.6 Å². The van der Waals surface area contributed by atoms with Crippen LogP contribution in [0.1, 0.15) is 77.7 Å². The van der Waals surface area contributed by atoms with E-state index >= 15 is 0 Å². The van der Waals surface area contributed by atoms with Crippen molar-refractivity contribution in [3.8, 4) is 0 Å². The Labute approximate surface area is 253 Å². The molecule has 0 bridgehead atoms. The van der Waals surface area contributed by atoms with E-state index in [-0.39, 0.29) is 24.2 Å². The number of hydrogen-bond donors (Lipinski definition) is 4. The summed E-state index contributed by atoms with van der Waals surface area (Å²) in [7, 11) is 1.56. The smallest absolute Gasteiger partial charge is 0.246 e. The Morgan fingerprint density at radius 1 is 0.977 bits per heavy atom. The van der Waals surface area contributed by atoms with Gasteiger partial charge in [0.05, 0.1) is 11.6 Å². The molecule has 11 heteroatoms. The number of carbonyl (C=O) groups is 4. The summed E-state index contributed by atoms with van der Waals surface area (Å²) in [6.45, 7) is 6.01. The molecule has 2 aliphatic heterocycles. The van der Waals surface area contributed by atoms with Crippen molar-refractivity contribution in [2.24, 2.45) is 5.92 Å². The second kappa shape index (κ2) is 14.7. The van der Waals surface area contributed by atoms with Gasteiger partial charge < -0.3 is 30.8 Å². The number of amides is 4. The molecule has 3 unspecified atom stereocenters. The zero-order chi connectivity index (χ0) is 31.1. The van der Waals surface area contributed by atoms with E-state index in [1.165, 1.54) is 0 Å². The fourth-order valence-corrected chi connectivity index (χ4v) is 6.14. The van der Waals surface area contributed by atoms with Crippen molar-refractivity contribution in [3.05, 3.63) is 36.0 Å². The molecular formula is C32H47N5O6. The van der Waals surface area contributed by atoms with Gasteiger partial charge in [0.1, 0.15) is 31.3 Å². The summed E-state index contributed by atoms with van der Waals surface area (Å²) in [6, 6.07) is 4.21. The number of fused-ring (bicyclic) bond motifs is 2. The van der Waals surface area contributed by atoms with Gasteiger partial charge in [-0.05, 0) is 56.6 Å². The summed E-state index contributed by atoms with van der Waals surface area (Å²) in [4.78, 5) is 62.5. The molecule has 1 aromatic carbocycles. The number of piperidine rings is 1. The van der Waals surface area contributed by atoms with Gasteiger partial charge in [0.15, 0.2) is 0 Å². The molecule has 6 atom stereocenters. The number of nitrogens with one attached hydrogen (secondary N) is 3. The zero-order valence-electron chi connectivity index (χ0n) is 25.8. The number of aliphatic hydroxyl groups excluding tert-OH is 1. The van der Waals surface area contributed by atoms with Gasteiger partial charge in [-0.3, -0.25) is 19.2 Å². The lowest BCUT2D eigenvalue weighted by Gasteiger charge is -2.39. The van der Waals surface area contributed by atoms with E-state index in [0.29, 0.717) is 45.1 Å². The van der Waals surface area contributed by atoms with Crippen LogP contribution in [0.3, 0.4) is 0 Å². The molecule has 4 amide bonds. The van der Waals surface area contributed by atoms with Crippen molar-refractivity contribution in [2.45, 2.75) is 109 Å². The Hall–Kier alpha value is -3.60. The number of benzene rings is 1. The molecule has 4 N–H and O–H groups in total. The fourth-order valence-electron chi connectivity index (χ4n) is 6.14. The lowest BCUT2D eigenvalue weighted by atomic mass is 9.93. The Kier molecular flexibility index (Phi) is 11.1. The number of carbonyl (C=O) groups excluding carboxylic acids is 4. The summed E-state index contributed by atoms with van der Waals surface area (Å²) in [5.41, 5.74) is 1.62. The predicted molar refractivity (Wildman–Crippen MR) is 163 cm³/mol. The average molecular weight is 598 g/mol. The van der Waals surface area contributed by atoms with Gasteiger partial charge in [0.25, 0.3) is 0 Å². The van der Waals surface area contributed by atoms with Crippen LogP contribution in [0.4, 0.5) is 0 Å². The van der Waals surface area contributed by atoms with Crippen LogP contribution in [-0.4, -0.2) is 82.3 Å². The highest BCUT2D eigenvalue weighted by Crippen LogP contribution is 2.24. The quantitative estimate of drug-likeness (QED) is 0.309. The Morgan fingerprint density at radius 3 is 2.42 bits per heavy atom. The second-order valence-electron chi connectivity index (χ2n) is 12.1. The third kappa shape index (κ3) is 7.68. The zero-order valence-corrected chi connectivity index (χ0v) is 25.8. The molecule has 43 heavy (non-hydrogen) atoms. The van der Waals surface area contributed by atoms with Crippen molar-refractivity contribution in [1.29, 1.82) is 0 Å². The minimum absolute atomic E-state index is 0.158. The predicted octanol–water partition coefficient (Wildman–Crippen LogP) is 2.08. The minimum atomic E-state index is -1.00. The van der Waals surface area contributed by atoms with Crippen LogP contribution in [0.25, 0.3) is 10.9 Å². The van der Waals surface area contributed by atoms with Gasteiger partial charge >= 0.3 is 0 Å². The summed E-state index contributed by atoms with van der Waals surface area (Å²) in [5, 5.41) is 19.4. The van der Waals surface area contributed by atoms with Crippen LogP contribution in [-0.2, 0) is 25.6 Å². The molecule has 236 valence electrons. The summed E-state index contributed by atoms with van der Waals surface area (Å²) < 4.78 is 1.62. The molecule has 2 saturated heterocycles. The lowest BCUT2D eigenvalue weighted by molar-refractivity contribution is -0.147. The molecular weight excluding hydrogens is 550 g/mol. The maximum Gasteiger partial charge on any atom is 0.246 e. The van der Waals surface area contributed by atoms with Crippen LogP contribution in [0, 0.1) is 5.92 Å². The third-order valence-electron chi connectivity index (χ3n) is 8.88. The second-order valence-corrected chi connectivity index (χ2v) is 12.1. The molecule has 2 aromatic rings. The molecule has 2 fully saturated rings. The van der Waals surface area contributed by atoms with Gasteiger partial charge in [-0.2, -0.15) is 4.73 Å². The van der Waals surface area contributed by atoms with E-state index in [1.807, 2.05) is 38.1 Å². The summed E-state index contributed by atoms with van der Waals surface area (Å²) >= 11 is 0. The van der Waals surface area contributed by atoms with Crippen molar-refractivity contribution < 1.29 is 29.1 Å². The highest BCUT2D eigenvalue weighted by atomic mass is 16.6. The number of rotatable bonds is 10. The molecule has 0 aliphatic carbocycles. The number of hydrogen-bond acceptors (Lipinski definition) is 6. The van der Waals surface area contributed by atoms with E-state index in [2.05, 4.69) is 16.0 Å². The van der Waals surface area contributed by atoms with Crippen molar-refractivity contribution >= 4 is 34.5 Å². The third-order valence-corrected chi connectivity index (χ3v) is 8.88. The molecule has 0 saturated carbocycles. The Bertz CT molecular complexity index is 1290. The van der Waals surface area contributed by atoms with Gasteiger partial charge in [0, 0.05) is 24.5 Å². The van der Waals surface area contributed by atoms with Crippen LogP contribution in [0.5, 0.6) is 0 Å². The lowest BCUT2D eigenvalue weighted by Crippen LogP contribution is -2.64. The first-order valence-corrected chi connectivity index (χ1v) is 15.7. The standard InChI is InChI=1S/C32H47N5O6/c1-5-20(2)28-32(42)36-17-11-10-16-27(36)31(41)33-24(14-8-6-12-21(3)38)29(39)34-25(30(40)35-28)18-22-19-37(43-4)26-15-9-7-13-23(22)26/h7,9,13,15,19-21,24-25,27-28,38H,5-6,8,10-12,14,16-18H2,1-4H3,(H,33,41)(H,34,39)(H,35,40)/t20?,21?,24-,25?,27+,28-/m0/s1. The van der Waals surface area contributed by atoms with E-state index in [1.54, 1.807) is 29.9 Å². The molecule has 2 aliphatic rings. The Balaban J connectivity index is 1.70. The Morgan fingerprint density at radius 2 is 1.70 bits per heavy atom. The number of para-hydroxylation sites is 1. The fraction of sp³-hybridized carbons (Fsp3) is 0.625. The first-order chi connectivity index (χ1) is 20.6. The number of nitrogens with zero attached hydrogens (tertiary/aromatic N) is 2. The van der Waals surface area contributed by atoms with Crippen LogP contribution >= 0.6 is 0 Å². The van der Waals surface area contributed by atoms with E-state index in [0.717, 1.165) is 29.3 Å². The van der Waals surface area contributed by atoms with E-state index < -0.39 is 42.1 Å². The van der Waals surface area contributed by atoms with Crippen LogP contribution in [0.2, 0.25) is 0 Å². The first kappa shape index (κ1) is 32.3. The summed E-state index contributed by atoms with van der Waals surface area (Å²) in [5.74, 6) is -1.70. The average Bonchev–Trinajstić information content (AvgIpc) is 3.36. The number of aromatic nitrogens is 1. The van der Waals surface area contributed by atoms with Crippen molar-refractivity contribution in [1.82, 2.24) is 25.6 Å². The van der Waals surface area contributed by atoms with Gasteiger partial charge in [-0.25, -0.2) is 0 Å². The number of aliphatic hydroxyl groups is 1. The van der Waals surface area contributed by atoms with E-state index in [9.17, 15) is 24.3 Å². The monoisotopic (exact) mass is 597 g/mol. The largest absolute Gasteiger partial charge is 0.417 e. The van der Waals surface area contributed by atoms with Crippen LogP contribution in [0.15, 0.2) is 30.5 Å². The van der Waals surface area contributed by atoms with Gasteiger partial charge in [-0.1, -0.05) is 51.3 Å². The molecule has 3 heterocycles. The molecule has 11 nitrogen and oxygen atoms in total. The first-order valence-electron chi connectivity index (χ1n) is 15.7. The van der Waals surface area contributed by atoms with E-state index in [4.69, 9.17) is 4.84 Å². The summed E-state index contributed by atoms with van der Waals surface area (Å²) in [6.07, 6.45) is 6.42. The van der Waals surface area contributed by atoms with Crippen molar-refractivity contribution in [2.75, 3.05) is 13.7 Å². The van der Waals surface area contributed by atoms with Gasteiger partial charge in [-0.15, -0.1) is 0 Å². The molecule has 1 aromatic heterocycles. The highest BCUT2D eigenvalue weighted by molar-refractivity contribution is 5.98. The maximum absolute atomic E-state index is 14.0. The molecule has 0 spiro atoms. The van der Waals surface area contributed by atoms with Crippen LogP contribution < -0.4 is 20.8 Å². The maximum atomic E-state index is 14.0. The molecule has 4 rings (SSSR count). The number of unbranched alkanes of at least 4 members (excludes halogenated alkanes) is 1. The molecule has 0 radical (unpaired) electrons. The SMILES string of the molecule is CCC(C)[C@@H]1NC(=O)C(Cc2cn(OC)c3ccccc23)NC(=O)[C@H](CCCCC(C)O)NC(=O)[C@H]2CCCCN2C1=O.